The van der Waals surface area contributed by atoms with Crippen LogP contribution < -0.4 is 5.73 Å². The van der Waals surface area contributed by atoms with Crippen LogP contribution in [-0.4, -0.2) is 27.4 Å². The molecular weight excluding hydrogens is 206 g/mol. The van der Waals surface area contributed by atoms with Crippen LogP contribution in [0, 0.1) is 5.92 Å². The summed E-state index contributed by atoms with van der Waals surface area (Å²) in [6.45, 7) is 0.646. The standard InChI is InChI=1S/C11H17N3O2/c12-5-8-3-1-2-4-10(8)14-7-9(6-13-14)11(15)16/h6-8,10H,1-5,12H2,(H,15,16). The molecule has 0 bridgehead atoms. The highest BCUT2D eigenvalue weighted by Crippen LogP contribution is 2.32. The Hall–Kier alpha value is -1.36. The highest BCUT2D eigenvalue weighted by atomic mass is 16.4. The molecule has 1 aliphatic carbocycles. The van der Waals surface area contributed by atoms with Crippen molar-refractivity contribution in [3.8, 4) is 0 Å². The Labute approximate surface area is 94.2 Å². The Morgan fingerprint density at radius 2 is 2.31 bits per heavy atom. The normalized spacial score (nSPS) is 25.6. The third-order valence-electron chi connectivity index (χ3n) is 3.36. The van der Waals surface area contributed by atoms with Gasteiger partial charge in [0.2, 0.25) is 0 Å². The van der Waals surface area contributed by atoms with Gasteiger partial charge >= 0.3 is 5.97 Å². The maximum atomic E-state index is 10.8. The van der Waals surface area contributed by atoms with Crippen molar-refractivity contribution in [3.05, 3.63) is 18.0 Å². The van der Waals surface area contributed by atoms with Crippen LogP contribution in [0.5, 0.6) is 0 Å². The van der Waals surface area contributed by atoms with Gasteiger partial charge in [0.1, 0.15) is 0 Å². The zero-order valence-electron chi connectivity index (χ0n) is 9.17. The molecule has 0 saturated heterocycles. The monoisotopic (exact) mass is 223 g/mol. The molecular formula is C11H17N3O2. The van der Waals surface area contributed by atoms with Crippen LogP contribution in [0.25, 0.3) is 0 Å². The van der Waals surface area contributed by atoms with Gasteiger partial charge in [-0.2, -0.15) is 5.10 Å². The van der Waals surface area contributed by atoms with Gasteiger partial charge in [0.25, 0.3) is 0 Å². The fraction of sp³-hybridized carbons (Fsp3) is 0.636. The lowest BCUT2D eigenvalue weighted by atomic mass is 9.85. The van der Waals surface area contributed by atoms with Crippen LogP contribution in [0.3, 0.4) is 0 Å². The lowest BCUT2D eigenvalue weighted by Gasteiger charge is -2.30. The Balaban J connectivity index is 2.17. The van der Waals surface area contributed by atoms with Crippen molar-refractivity contribution in [2.24, 2.45) is 11.7 Å². The summed E-state index contributed by atoms with van der Waals surface area (Å²) in [7, 11) is 0. The number of nitrogens with zero attached hydrogens (tertiary/aromatic N) is 2. The molecule has 0 radical (unpaired) electrons. The number of carboxylic acid groups (broad SMARTS) is 1. The van der Waals surface area contributed by atoms with Crippen LogP contribution in [0.2, 0.25) is 0 Å². The lowest BCUT2D eigenvalue weighted by molar-refractivity contribution is 0.0696. The van der Waals surface area contributed by atoms with E-state index in [-0.39, 0.29) is 11.6 Å². The molecule has 5 heteroatoms. The number of hydrogen-bond acceptors (Lipinski definition) is 3. The van der Waals surface area contributed by atoms with Crippen LogP contribution in [0.1, 0.15) is 42.1 Å². The van der Waals surface area contributed by atoms with Gasteiger partial charge in [0.05, 0.1) is 17.8 Å². The Kier molecular flexibility index (Phi) is 3.24. The number of aromatic nitrogens is 2. The van der Waals surface area contributed by atoms with E-state index in [1.165, 1.54) is 19.0 Å². The number of aromatic carboxylic acids is 1. The van der Waals surface area contributed by atoms with E-state index in [2.05, 4.69) is 5.10 Å². The summed E-state index contributed by atoms with van der Waals surface area (Å²) in [5, 5.41) is 13.0. The van der Waals surface area contributed by atoms with Crippen molar-refractivity contribution >= 4 is 5.97 Å². The van der Waals surface area contributed by atoms with Crippen LogP contribution in [-0.2, 0) is 0 Å². The molecule has 1 aromatic rings. The molecule has 88 valence electrons. The minimum Gasteiger partial charge on any atom is -0.478 e. The molecule has 1 fully saturated rings. The van der Waals surface area contributed by atoms with Gasteiger partial charge in [0.15, 0.2) is 0 Å². The molecule has 5 nitrogen and oxygen atoms in total. The largest absolute Gasteiger partial charge is 0.478 e. The fourth-order valence-electron chi connectivity index (χ4n) is 2.44. The first-order valence-corrected chi connectivity index (χ1v) is 5.70. The average Bonchev–Trinajstić information content (AvgIpc) is 2.78. The van der Waals surface area contributed by atoms with Gasteiger partial charge in [-0.25, -0.2) is 4.79 Å². The number of carbonyl (C=O) groups is 1. The maximum Gasteiger partial charge on any atom is 0.338 e. The molecule has 2 atom stereocenters. The number of rotatable bonds is 3. The summed E-state index contributed by atoms with van der Waals surface area (Å²) in [4.78, 5) is 10.8. The third kappa shape index (κ3) is 2.09. The van der Waals surface area contributed by atoms with Gasteiger partial charge in [0, 0.05) is 6.20 Å². The van der Waals surface area contributed by atoms with Crippen molar-refractivity contribution < 1.29 is 9.90 Å². The molecule has 0 amide bonds. The molecule has 1 saturated carbocycles. The van der Waals surface area contributed by atoms with Crippen molar-refractivity contribution in [2.75, 3.05) is 6.54 Å². The van der Waals surface area contributed by atoms with Crippen molar-refractivity contribution in [1.29, 1.82) is 0 Å². The minimum absolute atomic E-state index is 0.251. The molecule has 0 spiro atoms. The summed E-state index contributed by atoms with van der Waals surface area (Å²) in [6.07, 6.45) is 7.56. The Morgan fingerprint density at radius 3 is 2.94 bits per heavy atom. The first kappa shape index (κ1) is 11.1. The van der Waals surface area contributed by atoms with Crippen LogP contribution in [0.15, 0.2) is 12.4 Å². The number of nitrogens with two attached hydrogens (primary N) is 1. The topological polar surface area (TPSA) is 81.1 Å². The van der Waals surface area contributed by atoms with E-state index >= 15 is 0 Å². The summed E-state index contributed by atoms with van der Waals surface area (Å²) in [5.41, 5.74) is 5.99. The SMILES string of the molecule is NCC1CCCCC1n1cc(C(=O)O)cn1. The van der Waals surface area contributed by atoms with E-state index in [0.29, 0.717) is 12.5 Å². The molecule has 0 aliphatic heterocycles. The molecule has 1 aliphatic rings. The molecule has 3 N–H and O–H groups in total. The van der Waals surface area contributed by atoms with Gasteiger partial charge in [-0.15, -0.1) is 0 Å². The Morgan fingerprint density at radius 1 is 1.56 bits per heavy atom. The van der Waals surface area contributed by atoms with Crippen molar-refractivity contribution in [3.63, 3.8) is 0 Å². The highest BCUT2D eigenvalue weighted by molar-refractivity contribution is 5.86. The predicted octanol–water partition coefficient (Wildman–Crippen LogP) is 1.27. The van der Waals surface area contributed by atoms with Gasteiger partial charge < -0.3 is 10.8 Å². The minimum atomic E-state index is -0.925. The number of hydrogen-bond donors (Lipinski definition) is 2. The average molecular weight is 223 g/mol. The Bertz CT molecular complexity index is 375. The quantitative estimate of drug-likeness (QED) is 0.808. The lowest BCUT2D eigenvalue weighted by Crippen LogP contribution is -2.29. The van der Waals surface area contributed by atoms with E-state index in [4.69, 9.17) is 10.8 Å². The third-order valence-corrected chi connectivity index (χ3v) is 3.36. The second kappa shape index (κ2) is 4.65. The van der Waals surface area contributed by atoms with Gasteiger partial charge in [-0.05, 0) is 25.3 Å². The van der Waals surface area contributed by atoms with E-state index in [9.17, 15) is 4.79 Å². The van der Waals surface area contributed by atoms with Crippen molar-refractivity contribution in [2.45, 2.75) is 31.7 Å². The molecule has 2 rings (SSSR count). The van der Waals surface area contributed by atoms with E-state index in [0.717, 1.165) is 12.8 Å². The summed E-state index contributed by atoms with van der Waals surface area (Å²) in [6, 6.07) is 0.270. The zero-order chi connectivity index (χ0) is 11.5. The smallest absolute Gasteiger partial charge is 0.338 e. The van der Waals surface area contributed by atoms with Crippen LogP contribution in [0.4, 0.5) is 0 Å². The van der Waals surface area contributed by atoms with Crippen molar-refractivity contribution in [1.82, 2.24) is 9.78 Å². The summed E-state index contributed by atoms with van der Waals surface area (Å²) in [5.74, 6) is -0.498. The first-order chi connectivity index (χ1) is 7.72. The first-order valence-electron chi connectivity index (χ1n) is 5.70. The zero-order valence-corrected chi connectivity index (χ0v) is 9.17. The summed E-state index contributed by atoms with van der Waals surface area (Å²) < 4.78 is 1.78. The second-order valence-corrected chi connectivity index (χ2v) is 4.36. The number of carboxylic acids is 1. The summed E-state index contributed by atoms with van der Waals surface area (Å²) >= 11 is 0. The molecule has 16 heavy (non-hydrogen) atoms. The molecule has 0 aromatic carbocycles. The maximum absolute atomic E-state index is 10.8. The van der Waals surface area contributed by atoms with Gasteiger partial charge in [-0.3, -0.25) is 4.68 Å². The van der Waals surface area contributed by atoms with E-state index in [1.54, 1.807) is 10.9 Å². The molecule has 1 heterocycles. The van der Waals surface area contributed by atoms with Crippen LogP contribution >= 0.6 is 0 Å². The molecule has 2 unspecified atom stereocenters. The predicted molar refractivity (Wildman–Crippen MR) is 59.2 cm³/mol. The highest BCUT2D eigenvalue weighted by Gasteiger charge is 2.26. The van der Waals surface area contributed by atoms with E-state index in [1.807, 2.05) is 0 Å². The second-order valence-electron chi connectivity index (χ2n) is 4.36. The van der Waals surface area contributed by atoms with Gasteiger partial charge in [-0.1, -0.05) is 12.8 Å². The van der Waals surface area contributed by atoms with E-state index < -0.39 is 5.97 Å². The fourth-order valence-corrected chi connectivity index (χ4v) is 2.44. The molecule has 1 aromatic heterocycles.